The zero-order valence-corrected chi connectivity index (χ0v) is 23.9. The molecule has 13 heteroatoms. The molecule has 4 atom stereocenters. The Balaban J connectivity index is 1.32. The first kappa shape index (κ1) is 27.0. The molecular weight excluding hydrogens is 584 g/mol. The van der Waals surface area contributed by atoms with Crippen molar-refractivity contribution in [1.82, 2.24) is 9.78 Å². The van der Waals surface area contributed by atoms with Gasteiger partial charge in [0.25, 0.3) is 0 Å². The second kappa shape index (κ2) is 10.2. The molecule has 1 N–H and O–H groups in total. The predicted molar refractivity (Wildman–Crippen MR) is 148 cm³/mol. The van der Waals surface area contributed by atoms with Crippen molar-refractivity contribution >= 4 is 23.5 Å². The minimum absolute atomic E-state index is 0.0201. The van der Waals surface area contributed by atoms with Crippen molar-refractivity contribution in [1.29, 1.82) is 0 Å². The summed E-state index contributed by atoms with van der Waals surface area (Å²) in [5.41, 5.74) is 3.05. The molecule has 2 aliphatic heterocycles. The van der Waals surface area contributed by atoms with Crippen LogP contribution in [0.3, 0.4) is 0 Å². The SMILES string of the molecule is COc1cc([C@@H]2c3cc4c(cc3[C@H](OC(=O)c3cc(-c5c(Cl)cnn5C)co3)[C@H]3COC(=O)[C@@H]23)OCO4)cc(OC)c1O. The molecule has 4 aromatic rings. The highest BCUT2D eigenvalue weighted by Gasteiger charge is 2.54. The van der Waals surface area contributed by atoms with Gasteiger partial charge in [-0.25, -0.2) is 4.79 Å². The summed E-state index contributed by atoms with van der Waals surface area (Å²) in [6.07, 6.45) is 2.01. The standard InChI is InChI=1S/C30H25ClN2O10/c1-33-26(18(31)9-32-33)14-6-23(39-10-14)29(35)43-28-16-8-20-19(41-12-42-20)7-15(16)24(25-17(28)11-40-30(25)36)13-4-21(37-2)27(34)22(5-13)38-3/h4-10,17,24-25,28,34H,11-12H2,1-3H3/t17-,24+,25+,28-/m0/s1. The summed E-state index contributed by atoms with van der Waals surface area (Å²) in [4.78, 5) is 26.9. The van der Waals surface area contributed by atoms with Gasteiger partial charge in [0.2, 0.25) is 18.3 Å². The quantitative estimate of drug-likeness (QED) is 0.307. The van der Waals surface area contributed by atoms with Crippen LogP contribution in [-0.4, -0.2) is 54.4 Å². The Hall–Kier alpha value is -4.84. The van der Waals surface area contributed by atoms with Crippen LogP contribution >= 0.6 is 11.6 Å². The summed E-state index contributed by atoms with van der Waals surface area (Å²) in [6, 6.07) is 8.38. The Morgan fingerprint density at radius 3 is 2.40 bits per heavy atom. The molecule has 0 bridgehead atoms. The monoisotopic (exact) mass is 608 g/mol. The van der Waals surface area contributed by atoms with Crippen molar-refractivity contribution < 1.29 is 47.5 Å². The lowest BCUT2D eigenvalue weighted by atomic mass is 9.66. The minimum Gasteiger partial charge on any atom is -0.502 e. The lowest BCUT2D eigenvalue weighted by molar-refractivity contribution is -0.141. The first-order chi connectivity index (χ1) is 20.8. The number of cyclic esters (lactones) is 1. The lowest BCUT2D eigenvalue weighted by Crippen LogP contribution is -2.36. The fraction of sp³-hybridized carbons (Fsp3) is 0.300. The van der Waals surface area contributed by atoms with Crippen LogP contribution in [0, 0.1) is 11.8 Å². The van der Waals surface area contributed by atoms with Crippen molar-refractivity contribution in [3.63, 3.8) is 0 Å². The third-order valence-corrected chi connectivity index (χ3v) is 8.46. The number of carbonyl (C=O) groups is 2. The minimum atomic E-state index is -0.889. The Bertz CT molecular complexity index is 1730. The Morgan fingerprint density at radius 1 is 1.05 bits per heavy atom. The average Bonchev–Trinajstić information content (AvgIpc) is 3.80. The largest absolute Gasteiger partial charge is 0.502 e. The van der Waals surface area contributed by atoms with E-state index in [4.69, 9.17) is 44.4 Å². The average molecular weight is 609 g/mol. The normalized spacial score (nSPS) is 21.6. The fourth-order valence-corrected chi connectivity index (χ4v) is 6.51. The van der Waals surface area contributed by atoms with Crippen LogP contribution in [0.1, 0.15) is 39.3 Å². The summed E-state index contributed by atoms with van der Waals surface area (Å²) in [5, 5.41) is 15.1. The molecule has 12 nitrogen and oxygen atoms in total. The van der Waals surface area contributed by atoms with Crippen molar-refractivity contribution in [3.05, 3.63) is 70.3 Å². The molecule has 4 heterocycles. The molecular formula is C30H25ClN2O10. The fourth-order valence-electron chi connectivity index (χ4n) is 6.23. The second-order valence-corrected chi connectivity index (χ2v) is 10.8. The third kappa shape index (κ3) is 4.23. The van der Waals surface area contributed by atoms with Gasteiger partial charge < -0.3 is 37.9 Å². The number of phenolic OH excluding ortho intramolecular Hbond substituents is 1. The molecule has 0 unspecified atom stereocenters. The van der Waals surface area contributed by atoms with E-state index in [-0.39, 0.29) is 36.4 Å². The van der Waals surface area contributed by atoms with Crippen molar-refractivity contribution in [2.24, 2.45) is 18.9 Å². The van der Waals surface area contributed by atoms with Crippen LogP contribution in [0.2, 0.25) is 5.02 Å². The number of aryl methyl sites for hydroxylation is 1. The smallest absolute Gasteiger partial charge is 0.374 e. The molecule has 3 aliphatic rings. The van der Waals surface area contributed by atoms with Crippen molar-refractivity contribution in [2.45, 2.75) is 12.0 Å². The molecule has 0 amide bonds. The summed E-state index contributed by atoms with van der Waals surface area (Å²) in [5.74, 6) is -1.96. The van der Waals surface area contributed by atoms with Crippen molar-refractivity contribution in [2.75, 3.05) is 27.6 Å². The zero-order valence-electron chi connectivity index (χ0n) is 23.2. The number of aromatic nitrogens is 2. The van der Waals surface area contributed by atoms with E-state index < -0.39 is 35.8 Å². The maximum atomic E-state index is 13.5. The van der Waals surface area contributed by atoms with Gasteiger partial charge in [0.1, 0.15) is 12.4 Å². The van der Waals surface area contributed by atoms with Gasteiger partial charge in [0, 0.05) is 36.1 Å². The number of esters is 2. The highest BCUT2D eigenvalue weighted by Crippen LogP contribution is 2.56. The number of hydrogen-bond donors (Lipinski definition) is 1. The Morgan fingerprint density at radius 2 is 1.74 bits per heavy atom. The van der Waals surface area contributed by atoms with Gasteiger partial charge >= 0.3 is 11.9 Å². The van der Waals surface area contributed by atoms with Crippen LogP contribution in [-0.2, 0) is 21.3 Å². The highest BCUT2D eigenvalue weighted by molar-refractivity contribution is 6.33. The van der Waals surface area contributed by atoms with Gasteiger partial charge in [-0.15, -0.1) is 0 Å². The van der Waals surface area contributed by atoms with E-state index in [1.807, 2.05) is 0 Å². The number of ether oxygens (including phenoxy) is 6. The first-order valence-electron chi connectivity index (χ1n) is 13.3. The van der Waals surface area contributed by atoms with Gasteiger partial charge in [-0.3, -0.25) is 9.48 Å². The molecule has 222 valence electrons. The molecule has 1 aliphatic carbocycles. The molecule has 1 fully saturated rings. The van der Waals surface area contributed by atoms with E-state index in [0.717, 1.165) is 0 Å². The molecule has 0 radical (unpaired) electrons. The van der Waals surface area contributed by atoms with E-state index >= 15 is 0 Å². The number of benzene rings is 2. The predicted octanol–water partition coefficient (Wildman–Crippen LogP) is 4.62. The number of fused-ring (bicyclic) bond motifs is 3. The van der Waals surface area contributed by atoms with E-state index in [1.165, 1.54) is 32.7 Å². The number of hydrogen-bond acceptors (Lipinski definition) is 11. The zero-order chi connectivity index (χ0) is 30.0. The van der Waals surface area contributed by atoms with Crippen LogP contribution < -0.4 is 18.9 Å². The van der Waals surface area contributed by atoms with Crippen LogP contribution in [0.15, 0.2) is 47.2 Å². The molecule has 0 spiro atoms. The molecule has 7 rings (SSSR count). The number of furan rings is 1. The van der Waals surface area contributed by atoms with Crippen LogP contribution in [0.4, 0.5) is 0 Å². The molecule has 2 aromatic carbocycles. The maximum Gasteiger partial charge on any atom is 0.374 e. The molecule has 2 aromatic heterocycles. The van der Waals surface area contributed by atoms with Gasteiger partial charge in [0.15, 0.2) is 23.0 Å². The number of halogens is 1. The number of aromatic hydroxyl groups is 1. The number of phenols is 1. The van der Waals surface area contributed by atoms with Crippen molar-refractivity contribution in [3.8, 4) is 40.0 Å². The van der Waals surface area contributed by atoms with Gasteiger partial charge in [-0.1, -0.05) is 11.6 Å². The summed E-state index contributed by atoms with van der Waals surface area (Å²) in [6.45, 7) is 0.0427. The number of rotatable bonds is 6. The molecule has 0 saturated carbocycles. The third-order valence-electron chi connectivity index (χ3n) is 8.18. The highest BCUT2D eigenvalue weighted by atomic mass is 35.5. The van der Waals surface area contributed by atoms with E-state index in [1.54, 1.807) is 36.0 Å². The molecule has 1 saturated heterocycles. The molecule has 43 heavy (non-hydrogen) atoms. The number of nitrogens with zero attached hydrogens (tertiary/aromatic N) is 2. The van der Waals surface area contributed by atoms with E-state index in [0.29, 0.717) is 44.5 Å². The van der Waals surface area contributed by atoms with E-state index in [2.05, 4.69) is 5.10 Å². The Labute approximate surface area is 249 Å². The first-order valence-corrected chi connectivity index (χ1v) is 13.7. The van der Waals surface area contributed by atoms with Gasteiger partial charge in [-0.2, -0.15) is 5.10 Å². The topological polar surface area (TPSA) is 141 Å². The summed E-state index contributed by atoms with van der Waals surface area (Å²) in [7, 11) is 4.58. The van der Waals surface area contributed by atoms with Crippen LogP contribution in [0.5, 0.6) is 28.7 Å². The van der Waals surface area contributed by atoms with Crippen LogP contribution in [0.25, 0.3) is 11.3 Å². The second-order valence-electron chi connectivity index (χ2n) is 10.4. The Kier molecular flexibility index (Phi) is 6.38. The summed E-state index contributed by atoms with van der Waals surface area (Å²) < 4.78 is 41.0. The van der Waals surface area contributed by atoms with Gasteiger partial charge in [0.05, 0.1) is 43.7 Å². The van der Waals surface area contributed by atoms with Gasteiger partial charge in [-0.05, 0) is 35.4 Å². The number of methoxy groups -OCH3 is 2. The lowest BCUT2D eigenvalue weighted by Gasteiger charge is -2.38. The maximum absolute atomic E-state index is 13.5. The number of carbonyl (C=O) groups excluding carboxylic acids is 2. The van der Waals surface area contributed by atoms with E-state index in [9.17, 15) is 14.7 Å². The summed E-state index contributed by atoms with van der Waals surface area (Å²) >= 11 is 6.27.